The molecule has 130 valence electrons. The fourth-order valence-electron chi connectivity index (χ4n) is 3.35. The van der Waals surface area contributed by atoms with E-state index in [4.69, 9.17) is 4.42 Å². The normalized spacial score (nSPS) is 18.4. The lowest BCUT2D eigenvalue weighted by Crippen LogP contribution is -2.45. The number of hydrogen-bond donors (Lipinski definition) is 1. The predicted molar refractivity (Wildman–Crippen MR) is 94.2 cm³/mol. The first-order chi connectivity index (χ1) is 11.4. The molecule has 1 aliphatic heterocycles. The van der Waals surface area contributed by atoms with Gasteiger partial charge in [-0.1, -0.05) is 0 Å². The van der Waals surface area contributed by atoms with E-state index in [1.54, 1.807) is 0 Å². The van der Waals surface area contributed by atoms with Crippen LogP contribution >= 0.6 is 0 Å². The van der Waals surface area contributed by atoms with Crippen molar-refractivity contribution in [2.24, 2.45) is 5.92 Å². The maximum Gasteiger partial charge on any atom is 0.231 e. The minimum absolute atomic E-state index is 0.000208. The van der Waals surface area contributed by atoms with Gasteiger partial charge in [0.1, 0.15) is 17.4 Å². The van der Waals surface area contributed by atoms with Crippen molar-refractivity contribution in [2.75, 3.05) is 18.0 Å². The molecule has 0 aromatic carbocycles. The second-order valence-corrected chi connectivity index (χ2v) is 7.01. The van der Waals surface area contributed by atoms with Gasteiger partial charge in [-0.25, -0.2) is 4.98 Å². The van der Waals surface area contributed by atoms with E-state index in [-0.39, 0.29) is 17.9 Å². The van der Waals surface area contributed by atoms with E-state index < -0.39 is 0 Å². The molecule has 6 heteroatoms. The number of piperidine rings is 1. The SMILES string of the molecule is Cc1nc(N2CCC[C@H](C(=O)NC(C)C)C2)c2c(C)c(C)oc2n1. The van der Waals surface area contributed by atoms with Crippen molar-refractivity contribution < 1.29 is 9.21 Å². The van der Waals surface area contributed by atoms with Gasteiger partial charge in [0.15, 0.2) is 0 Å². The van der Waals surface area contributed by atoms with E-state index in [2.05, 4.69) is 20.2 Å². The van der Waals surface area contributed by atoms with Crippen molar-refractivity contribution in [2.45, 2.75) is 53.5 Å². The zero-order valence-electron chi connectivity index (χ0n) is 15.1. The van der Waals surface area contributed by atoms with Crippen molar-refractivity contribution in [3.8, 4) is 0 Å². The fourth-order valence-corrected chi connectivity index (χ4v) is 3.35. The molecular weight excluding hydrogens is 304 g/mol. The van der Waals surface area contributed by atoms with Gasteiger partial charge in [0, 0.05) is 24.7 Å². The number of furan rings is 1. The third-order valence-corrected chi connectivity index (χ3v) is 4.64. The lowest BCUT2D eigenvalue weighted by Gasteiger charge is -2.33. The molecule has 1 fully saturated rings. The molecule has 24 heavy (non-hydrogen) atoms. The molecule has 2 aromatic heterocycles. The Bertz CT molecular complexity index is 766. The molecule has 0 saturated carbocycles. The highest BCUT2D eigenvalue weighted by molar-refractivity contribution is 5.90. The highest BCUT2D eigenvalue weighted by Gasteiger charge is 2.29. The van der Waals surface area contributed by atoms with Crippen LogP contribution in [0.1, 0.15) is 43.8 Å². The summed E-state index contributed by atoms with van der Waals surface area (Å²) in [5.74, 6) is 2.60. The second kappa shape index (κ2) is 6.42. The van der Waals surface area contributed by atoms with E-state index in [1.807, 2.05) is 34.6 Å². The second-order valence-electron chi connectivity index (χ2n) is 7.01. The molecule has 0 spiro atoms. The monoisotopic (exact) mass is 330 g/mol. The summed E-state index contributed by atoms with van der Waals surface area (Å²) in [5.41, 5.74) is 1.72. The van der Waals surface area contributed by atoms with Gasteiger partial charge in [0.2, 0.25) is 11.6 Å². The van der Waals surface area contributed by atoms with Crippen LogP contribution in [0.2, 0.25) is 0 Å². The molecule has 0 radical (unpaired) electrons. The summed E-state index contributed by atoms with van der Waals surface area (Å²) < 4.78 is 5.78. The quantitative estimate of drug-likeness (QED) is 0.937. The van der Waals surface area contributed by atoms with E-state index in [1.165, 1.54) is 0 Å². The molecule has 1 saturated heterocycles. The molecule has 2 aromatic rings. The number of aromatic nitrogens is 2. The number of carbonyl (C=O) groups is 1. The molecule has 0 aliphatic carbocycles. The highest BCUT2D eigenvalue weighted by atomic mass is 16.3. The van der Waals surface area contributed by atoms with Crippen LogP contribution < -0.4 is 10.2 Å². The summed E-state index contributed by atoms with van der Waals surface area (Å²) >= 11 is 0. The smallest absolute Gasteiger partial charge is 0.231 e. The number of carbonyl (C=O) groups excluding carboxylic acids is 1. The molecule has 1 amide bonds. The Morgan fingerprint density at radius 3 is 2.75 bits per heavy atom. The van der Waals surface area contributed by atoms with Crippen LogP contribution in [0.5, 0.6) is 0 Å². The number of nitrogens with one attached hydrogen (secondary N) is 1. The summed E-state index contributed by atoms with van der Waals surface area (Å²) in [5, 5.41) is 4.01. The maximum absolute atomic E-state index is 12.4. The number of aryl methyl sites for hydroxylation is 3. The molecular formula is C18H26N4O2. The van der Waals surface area contributed by atoms with E-state index in [0.29, 0.717) is 18.1 Å². The van der Waals surface area contributed by atoms with Gasteiger partial charge in [-0.05, 0) is 47.5 Å². The molecule has 3 rings (SSSR count). The Balaban J connectivity index is 1.94. The van der Waals surface area contributed by atoms with Crippen molar-refractivity contribution in [1.82, 2.24) is 15.3 Å². The fraction of sp³-hybridized carbons (Fsp3) is 0.611. The minimum atomic E-state index is -0.000208. The molecule has 1 N–H and O–H groups in total. The summed E-state index contributed by atoms with van der Waals surface area (Å²) in [6.07, 6.45) is 1.91. The topological polar surface area (TPSA) is 71.3 Å². The van der Waals surface area contributed by atoms with Crippen LogP contribution in [-0.4, -0.2) is 35.0 Å². The van der Waals surface area contributed by atoms with Gasteiger partial charge < -0.3 is 14.6 Å². The Morgan fingerprint density at radius 1 is 1.29 bits per heavy atom. The van der Waals surface area contributed by atoms with Gasteiger partial charge in [-0.15, -0.1) is 0 Å². The number of hydrogen-bond acceptors (Lipinski definition) is 5. The molecule has 1 aliphatic rings. The van der Waals surface area contributed by atoms with Gasteiger partial charge >= 0.3 is 0 Å². The summed E-state index contributed by atoms with van der Waals surface area (Å²) in [6.45, 7) is 11.4. The largest absolute Gasteiger partial charge is 0.443 e. The standard InChI is InChI=1S/C18H26N4O2/c1-10(2)19-17(23)14-7-6-8-22(9-14)16-15-11(3)12(4)24-18(15)21-13(5)20-16/h10,14H,6-9H2,1-5H3,(H,19,23)/t14-/m0/s1. The zero-order valence-corrected chi connectivity index (χ0v) is 15.1. The number of rotatable bonds is 3. The van der Waals surface area contributed by atoms with Crippen molar-refractivity contribution in [3.05, 3.63) is 17.1 Å². The van der Waals surface area contributed by atoms with E-state index in [0.717, 1.165) is 41.9 Å². The average molecular weight is 330 g/mol. The first kappa shape index (κ1) is 16.7. The van der Waals surface area contributed by atoms with Crippen LogP contribution in [0.25, 0.3) is 11.1 Å². The molecule has 3 heterocycles. The van der Waals surface area contributed by atoms with Gasteiger partial charge in [0.25, 0.3) is 0 Å². The molecule has 6 nitrogen and oxygen atoms in total. The first-order valence-electron chi connectivity index (χ1n) is 8.66. The molecule has 1 atom stereocenters. The van der Waals surface area contributed by atoms with Crippen molar-refractivity contribution in [3.63, 3.8) is 0 Å². The van der Waals surface area contributed by atoms with E-state index in [9.17, 15) is 4.79 Å². The summed E-state index contributed by atoms with van der Waals surface area (Å²) in [6, 6.07) is 0.166. The lowest BCUT2D eigenvalue weighted by atomic mass is 9.96. The summed E-state index contributed by atoms with van der Waals surface area (Å²) in [7, 11) is 0. The van der Waals surface area contributed by atoms with Crippen molar-refractivity contribution in [1.29, 1.82) is 0 Å². The number of amides is 1. The number of fused-ring (bicyclic) bond motifs is 1. The third kappa shape index (κ3) is 3.09. The van der Waals surface area contributed by atoms with Crippen LogP contribution in [0.3, 0.4) is 0 Å². The summed E-state index contributed by atoms with van der Waals surface area (Å²) in [4.78, 5) is 23.7. The number of nitrogens with zero attached hydrogens (tertiary/aromatic N) is 3. The minimum Gasteiger partial charge on any atom is -0.443 e. The number of anilines is 1. The zero-order chi connectivity index (χ0) is 17.4. The average Bonchev–Trinajstić information content (AvgIpc) is 2.80. The van der Waals surface area contributed by atoms with Crippen LogP contribution in [0.15, 0.2) is 4.42 Å². The first-order valence-corrected chi connectivity index (χ1v) is 8.66. The van der Waals surface area contributed by atoms with Gasteiger partial charge in [-0.3, -0.25) is 4.79 Å². The Labute approximate surface area is 142 Å². The van der Waals surface area contributed by atoms with Gasteiger partial charge in [0.05, 0.1) is 11.3 Å². The Morgan fingerprint density at radius 2 is 2.04 bits per heavy atom. The highest BCUT2D eigenvalue weighted by Crippen LogP contribution is 2.33. The Hall–Kier alpha value is -2.11. The lowest BCUT2D eigenvalue weighted by molar-refractivity contribution is -0.125. The maximum atomic E-state index is 12.4. The third-order valence-electron chi connectivity index (χ3n) is 4.64. The Kier molecular flexibility index (Phi) is 4.47. The van der Waals surface area contributed by atoms with Crippen LogP contribution in [0.4, 0.5) is 5.82 Å². The molecule has 0 unspecified atom stereocenters. The van der Waals surface area contributed by atoms with Crippen molar-refractivity contribution >= 4 is 22.8 Å². The van der Waals surface area contributed by atoms with Crippen LogP contribution in [0, 0.1) is 26.7 Å². The molecule has 0 bridgehead atoms. The van der Waals surface area contributed by atoms with Gasteiger partial charge in [-0.2, -0.15) is 4.98 Å². The van der Waals surface area contributed by atoms with Crippen LogP contribution in [-0.2, 0) is 4.79 Å². The van der Waals surface area contributed by atoms with E-state index >= 15 is 0 Å². The predicted octanol–water partition coefficient (Wildman–Crippen LogP) is 2.89.